The maximum atomic E-state index is 11.7. The molecule has 0 radical (unpaired) electrons. The van der Waals surface area contributed by atoms with Gasteiger partial charge in [0.15, 0.2) is 0 Å². The van der Waals surface area contributed by atoms with Gasteiger partial charge in [0.1, 0.15) is 5.78 Å². The SMILES string of the molecule is O=C1CCCCC1c1cccc(Br)c1. The zero-order valence-corrected chi connectivity index (χ0v) is 9.59. The quantitative estimate of drug-likeness (QED) is 0.746. The van der Waals surface area contributed by atoms with Crippen LogP contribution in [0.2, 0.25) is 0 Å². The van der Waals surface area contributed by atoms with Crippen LogP contribution in [0.15, 0.2) is 28.7 Å². The second-order valence-corrected chi connectivity index (χ2v) is 4.74. The van der Waals surface area contributed by atoms with E-state index in [0.717, 1.165) is 23.7 Å². The lowest BCUT2D eigenvalue weighted by Gasteiger charge is -2.20. The first-order valence-corrected chi connectivity index (χ1v) is 5.85. The first kappa shape index (κ1) is 9.91. The van der Waals surface area contributed by atoms with E-state index in [1.54, 1.807) is 0 Å². The normalized spacial score (nSPS) is 22.4. The molecule has 74 valence electrons. The summed E-state index contributed by atoms with van der Waals surface area (Å²) in [6.07, 6.45) is 4.04. The number of hydrogen-bond donors (Lipinski definition) is 0. The summed E-state index contributed by atoms with van der Waals surface area (Å²) in [7, 11) is 0. The Morgan fingerprint density at radius 2 is 2.14 bits per heavy atom. The monoisotopic (exact) mass is 252 g/mol. The largest absolute Gasteiger partial charge is 0.299 e. The summed E-state index contributed by atoms with van der Waals surface area (Å²) in [5.41, 5.74) is 1.17. The third kappa shape index (κ3) is 2.06. The fraction of sp³-hybridized carbons (Fsp3) is 0.417. The highest BCUT2D eigenvalue weighted by Gasteiger charge is 2.23. The highest BCUT2D eigenvalue weighted by Crippen LogP contribution is 2.30. The molecule has 1 aliphatic carbocycles. The van der Waals surface area contributed by atoms with Crippen molar-refractivity contribution >= 4 is 21.7 Å². The standard InChI is InChI=1S/C12H13BrO/c13-10-5-3-4-9(8-10)11-6-1-2-7-12(11)14/h3-5,8,11H,1-2,6-7H2. The third-order valence-corrected chi connectivity index (χ3v) is 3.30. The number of ketones is 1. The van der Waals surface area contributed by atoms with Crippen molar-refractivity contribution in [2.24, 2.45) is 0 Å². The van der Waals surface area contributed by atoms with Gasteiger partial charge in [-0.25, -0.2) is 0 Å². The Hall–Kier alpha value is -0.630. The Morgan fingerprint density at radius 1 is 1.29 bits per heavy atom. The van der Waals surface area contributed by atoms with E-state index in [9.17, 15) is 4.79 Å². The van der Waals surface area contributed by atoms with Crippen LogP contribution in [0.3, 0.4) is 0 Å². The molecular formula is C12H13BrO. The maximum Gasteiger partial charge on any atom is 0.140 e. The van der Waals surface area contributed by atoms with Crippen LogP contribution >= 0.6 is 15.9 Å². The second-order valence-electron chi connectivity index (χ2n) is 3.82. The summed E-state index contributed by atoms with van der Waals surface area (Å²) in [6, 6.07) is 8.12. The molecule has 1 nitrogen and oxygen atoms in total. The zero-order valence-electron chi connectivity index (χ0n) is 8.00. The van der Waals surface area contributed by atoms with Crippen molar-refractivity contribution in [1.82, 2.24) is 0 Å². The molecule has 14 heavy (non-hydrogen) atoms. The molecule has 1 saturated carbocycles. The van der Waals surface area contributed by atoms with Crippen molar-refractivity contribution in [3.63, 3.8) is 0 Å². The van der Waals surface area contributed by atoms with Crippen LogP contribution in [-0.2, 0) is 4.79 Å². The molecule has 2 rings (SSSR count). The molecule has 1 fully saturated rings. The Kier molecular flexibility index (Phi) is 3.02. The number of Topliss-reactive ketones (excluding diaryl/α,β-unsaturated/α-hetero) is 1. The van der Waals surface area contributed by atoms with Gasteiger partial charge in [-0.1, -0.05) is 34.5 Å². The highest BCUT2D eigenvalue weighted by atomic mass is 79.9. The Labute approximate surface area is 92.6 Å². The van der Waals surface area contributed by atoms with Crippen LogP contribution in [-0.4, -0.2) is 5.78 Å². The molecule has 0 spiro atoms. The predicted molar refractivity (Wildman–Crippen MR) is 60.4 cm³/mol. The smallest absolute Gasteiger partial charge is 0.140 e. The first-order chi connectivity index (χ1) is 6.77. The molecule has 0 aliphatic heterocycles. The minimum absolute atomic E-state index is 0.154. The van der Waals surface area contributed by atoms with Gasteiger partial charge in [0.05, 0.1) is 0 Å². The van der Waals surface area contributed by atoms with E-state index in [4.69, 9.17) is 0 Å². The number of carbonyl (C=O) groups is 1. The van der Waals surface area contributed by atoms with E-state index in [2.05, 4.69) is 28.1 Å². The van der Waals surface area contributed by atoms with E-state index >= 15 is 0 Å². The molecule has 0 aromatic heterocycles. The molecular weight excluding hydrogens is 240 g/mol. The van der Waals surface area contributed by atoms with Gasteiger partial charge in [-0.2, -0.15) is 0 Å². The van der Waals surface area contributed by atoms with Crippen molar-refractivity contribution in [3.8, 4) is 0 Å². The van der Waals surface area contributed by atoms with Gasteiger partial charge in [-0.15, -0.1) is 0 Å². The molecule has 1 atom stereocenters. The average molecular weight is 253 g/mol. The van der Waals surface area contributed by atoms with Gasteiger partial charge < -0.3 is 0 Å². The van der Waals surface area contributed by atoms with Crippen LogP contribution in [0.5, 0.6) is 0 Å². The lowest BCUT2D eigenvalue weighted by Crippen LogP contribution is -2.16. The lowest BCUT2D eigenvalue weighted by molar-refractivity contribution is -0.121. The van der Waals surface area contributed by atoms with Gasteiger partial charge in [0.2, 0.25) is 0 Å². The minimum Gasteiger partial charge on any atom is -0.299 e. The van der Waals surface area contributed by atoms with Crippen molar-refractivity contribution in [1.29, 1.82) is 0 Å². The molecule has 2 heteroatoms. The number of halogens is 1. The summed E-state index contributed by atoms with van der Waals surface area (Å²) >= 11 is 3.44. The summed E-state index contributed by atoms with van der Waals surface area (Å²) < 4.78 is 1.06. The molecule has 1 aliphatic rings. The number of benzene rings is 1. The predicted octanol–water partition coefficient (Wildman–Crippen LogP) is 3.68. The summed E-state index contributed by atoms with van der Waals surface area (Å²) in [4.78, 5) is 11.7. The van der Waals surface area contributed by atoms with E-state index in [0.29, 0.717) is 5.78 Å². The van der Waals surface area contributed by atoms with Crippen LogP contribution in [0.25, 0.3) is 0 Å². The van der Waals surface area contributed by atoms with Gasteiger partial charge in [-0.3, -0.25) is 4.79 Å². The van der Waals surface area contributed by atoms with Gasteiger partial charge in [0.25, 0.3) is 0 Å². The summed E-state index contributed by atoms with van der Waals surface area (Å²) in [5.74, 6) is 0.565. The first-order valence-electron chi connectivity index (χ1n) is 5.05. The Bertz CT molecular complexity index is 346. The van der Waals surface area contributed by atoms with E-state index in [1.165, 1.54) is 12.0 Å². The lowest BCUT2D eigenvalue weighted by atomic mass is 9.83. The van der Waals surface area contributed by atoms with E-state index in [1.807, 2.05) is 12.1 Å². The van der Waals surface area contributed by atoms with Gasteiger partial charge >= 0.3 is 0 Å². The van der Waals surface area contributed by atoms with Crippen LogP contribution < -0.4 is 0 Å². The molecule has 0 heterocycles. The zero-order chi connectivity index (χ0) is 9.97. The summed E-state index contributed by atoms with van der Waals surface area (Å²) in [6.45, 7) is 0. The number of hydrogen-bond acceptors (Lipinski definition) is 1. The second kappa shape index (κ2) is 4.26. The van der Waals surface area contributed by atoms with Crippen molar-refractivity contribution in [3.05, 3.63) is 34.3 Å². The molecule has 0 N–H and O–H groups in total. The van der Waals surface area contributed by atoms with Crippen molar-refractivity contribution in [2.45, 2.75) is 31.6 Å². The number of rotatable bonds is 1. The molecule has 1 aromatic rings. The molecule has 0 saturated heterocycles. The third-order valence-electron chi connectivity index (χ3n) is 2.81. The summed E-state index contributed by atoms with van der Waals surface area (Å²) in [5, 5.41) is 0. The molecule has 1 unspecified atom stereocenters. The van der Waals surface area contributed by atoms with Gasteiger partial charge in [-0.05, 0) is 30.5 Å². The van der Waals surface area contributed by atoms with Crippen LogP contribution in [0, 0.1) is 0 Å². The highest BCUT2D eigenvalue weighted by molar-refractivity contribution is 9.10. The molecule has 0 amide bonds. The van der Waals surface area contributed by atoms with Crippen LogP contribution in [0.1, 0.15) is 37.2 Å². The van der Waals surface area contributed by atoms with Crippen LogP contribution in [0.4, 0.5) is 0 Å². The van der Waals surface area contributed by atoms with Crippen molar-refractivity contribution in [2.75, 3.05) is 0 Å². The Balaban J connectivity index is 2.24. The number of carbonyl (C=O) groups excluding carboxylic acids is 1. The van der Waals surface area contributed by atoms with E-state index < -0.39 is 0 Å². The average Bonchev–Trinajstić information content (AvgIpc) is 2.18. The van der Waals surface area contributed by atoms with E-state index in [-0.39, 0.29) is 5.92 Å². The Morgan fingerprint density at radius 3 is 2.86 bits per heavy atom. The topological polar surface area (TPSA) is 17.1 Å². The maximum absolute atomic E-state index is 11.7. The molecule has 1 aromatic carbocycles. The van der Waals surface area contributed by atoms with Gasteiger partial charge in [0, 0.05) is 16.8 Å². The minimum atomic E-state index is 0.154. The molecule has 0 bridgehead atoms. The fourth-order valence-corrected chi connectivity index (χ4v) is 2.48. The fourth-order valence-electron chi connectivity index (χ4n) is 2.06. The van der Waals surface area contributed by atoms with Crippen molar-refractivity contribution < 1.29 is 4.79 Å².